The number of hydrogen-bond donors (Lipinski definition) is 3. The number of carbonyl (C=O) groups excluding carboxylic acids is 1. The summed E-state index contributed by atoms with van der Waals surface area (Å²) in [6.45, 7) is 6.05. The maximum Gasteiger partial charge on any atom is 0.250 e. The Kier molecular flexibility index (Phi) is 4.35. The highest BCUT2D eigenvalue weighted by Crippen LogP contribution is 2.39. The van der Waals surface area contributed by atoms with Crippen LogP contribution in [0, 0.1) is 6.92 Å². The summed E-state index contributed by atoms with van der Waals surface area (Å²) in [6.07, 6.45) is 0. The van der Waals surface area contributed by atoms with Crippen LogP contribution in [0.4, 0.5) is 5.69 Å². The zero-order chi connectivity index (χ0) is 20.9. The molecule has 5 N–H and O–H groups in total. The summed E-state index contributed by atoms with van der Waals surface area (Å²) >= 11 is 0. The number of ether oxygens (including phenoxy) is 1. The van der Waals surface area contributed by atoms with Gasteiger partial charge in [-0.25, -0.2) is 0 Å². The number of nitrogen functional groups attached to an aromatic ring is 1. The largest absolute Gasteiger partial charge is 0.398 e. The zero-order valence-electron chi connectivity index (χ0n) is 17.1. The van der Waals surface area contributed by atoms with Gasteiger partial charge in [0, 0.05) is 29.1 Å². The van der Waals surface area contributed by atoms with E-state index < -0.39 is 11.5 Å². The Labute approximate surface area is 169 Å². The molecule has 0 aliphatic rings. The number of H-pyrrole nitrogens is 1. The van der Waals surface area contributed by atoms with Crippen LogP contribution in [0.1, 0.15) is 35.3 Å². The number of nitrogens with two attached hydrogens (primary N) is 2. The molecular formula is C24H25N3O2. The first kappa shape index (κ1) is 19.0. The summed E-state index contributed by atoms with van der Waals surface area (Å²) in [5.41, 5.74) is 18.4. The number of nitrogens with one attached hydrogen (secondary N) is 1. The molecule has 0 saturated heterocycles. The molecule has 1 amide bonds. The molecule has 0 spiro atoms. The molecule has 0 aliphatic carbocycles. The van der Waals surface area contributed by atoms with Gasteiger partial charge in [-0.15, -0.1) is 0 Å². The molecule has 0 radical (unpaired) electrons. The average molecular weight is 387 g/mol. The average Bonchev–Trinajstić information content (AvgIpc) is 3.08. The number of methoxy groups -OCH3 is 1. The van der Waals surface area contributed by atoms with Gasteiger partial charge in [0.05, 0.1) is 16.7 Å². The number of rotatable bonds is 4. The van der Waals surface area contributed by atoms with Crippen LogP contribution in [-0.2, 0) is 10.3 Å². The van der Waals surface area contributed by atoms with Crippen molar-refractivity contribution in [1.82, 2.24) is 4.98 Å². The SMILES string of the molecule is COC(C)(C)c1ccc2c(c1)[nH]c1c(C(N)=O)ccc(-c3cccc(N)c3C)c12. The quantitative estimate of drug-likeness (QED) is 0.437. The van der Waals surface area contributed by atoms with Crippen molar-refractivity contribution in [2.24, 2.45) is 5.73 Å². The van der Waals surface area contributed by atoms with Crippen LogP contribution in [0.5, 0.6) is 0 Å². The number of anilines is 1. The molecule has 1 aromatic heterocycles. The Bertz CT molecular complexity index is 1270. The fourth-order valence-corrected chi connectivity index (χ4v) is 3.88. The second-order valence-corrected chi connectivity index (χ2v) is 7.89. The van der Waals surface area contributed by atoms with Crippen molar-refractivity contribution >= 4 is 33.4 Å². The van der Waals surface area contributed by atoms with Crippen LogP contribution >= 0.6 is 0 Å². The third-order valence-electron chi connectivity index (χ3n) is 5.89. The third-order valence-corrected chi connectivity index (χ3v) is 5.89. The molecule has 0 aliphatic heterocycles. The van der Waals surface area contributed by atoms with Crippen LogP contribution in [-0.4, -0.2) is 18.0 Å². The van der Waals surface area contributed by atoms with Crippen molar-refractivity contribution in [3.63, 3.8) is 0 Å². The van der Waals surface area contributed by atoms with E-state index in [0.29, 0.717) is 5.56 Å². The van der Waals surface area contributed by atoms with E-state index in [1.54, 1.807) is 13.2 Å². The normalized spacial score (nSPS) is 12.0. The monoisotopic (exact) mass is 387 g/mol. The fourth-order valence-electron chi connectivity index (χ4n) is 3.88. The molecule has 0 unspecified atom stereocenters. The van der Waals surface area contributed by atoms with Crippen molar-refractivity contribution in [2.45, 2.75) is 26.4 Å². The molecular weight excluding hydrogens is 362 g/mol. The molecule has 4 rings (SSSR count). The molecule has 29 heavy (non-hydrogen) atoms. The number of hydrogen-bond acceptors (Lipinski definition) is 3. The summed E-state index contributed by atoms with van der Waals surface area (Å²) in [4.78, 5) is 15.5. The molecule has 4 aromatic rings. The van der Waals surface area contributed by atoms with Crippen LogP contribution in [0.15, 0.2) is 48.5 Å². The minimum Gasteiger partial charge on any atom is -0.398 e. The van der Waals surface area contributed by atoms with Gasteiger partial charge in [0.2, 0.25) is 0 Å². The van der Waals surface area contributed by atoms with E-state index in [1.807, 2.05) is 45.0 Å². The van der Waals surface area contributed by atoms with E-state index in [0.717, 1.165) is 49.7 Å². The van der Waals surface area contributed by atoms with Gasteiger partial charge >= 0.3 is 0 Å². The first-order valence-electron chi connectivity index (χ1n) is 9.54. The van der Waals surface area contributed by atoms with Crippen LogP contribution in [0.2, 0.25) is 0 Å². The van der Waals surface area contributed by atoms with E-state index in [-0.39, 0.29) is 0 Å². The number of amides is 1. The fraction of sp³-hybridized carbons (Fsp3) is 0.208. The lowest BCUT2D eigenvalue weighted by molar-refractivity contribution is 0.0193. The zero-order valence-corrected chi connectivity index (χ0v) is 17.1. The van der Waals surface area contributed by atoms with Crippen molar-refractivity contribution in [3.8, 4) is 11.1 Å². The van der Waals surface area contributed by atoms with Gasteiger partial charge in [-0.3, -0.25) is 4.79 Å². The number of primary amides is 1. The molecule has 148 valence electrons. The number of benzene rings is 3. The van der Waals surface area contributed by atoms with E-state index in [2.05, 4.69) is 23.2 Å². The highest BCUT2D eigenvalue weighted by Gasteiger charge is 2.22. The topological polar surface area (TPSA) is 94.1 Å². The Hall–Kier alpha value is -3.31. The summed E-state index contributed by atoms with van der Waals surface area (Å²) in [5, 5.41) is 1.99. The van der Waals surface area contributed by atoms with E-state index >= 15 is 0 Å². The maximum absolute atomic E-state index is 12.1. The number of carbonyl (C=O) groups is 1. The van der Waals surface area contributed by atoms with Gasteiger partial charge in [-0.2, -0.15) is 0 Å². The van der Waals surface area contributed by atoms with E-state index in [1.165, 1.54) is 0 Å². The van der Waals surface area contributed by atoms with Crippen LogP contribution in [0.3, 0.4) is 0 Å². The third kappa shape index (κ3) is 2.95. The van der Waals surface area contributed by atoms with Gasteiger partial charge in [0.15, 0.2) is 0 Å². The number of aromatic nitrogens is 1. The summed E-state index contributed by atoms with van der Waals surface area (Å²) in [6, 6.07) is 15.8. The van der Waals surface area contributed by atoms with Crippen LogP contribution < -0.4 is 11.5 Å². The smallest absolute Gasteiger partial charge is 0.250 e. The molecule has 0 fully saturated rings. The lowest BCUT2D eigenvalue weighted by Crippen LogP contribution is -2.19. The summed E-state index contributed by atoms with van der Waals surface area (Å²) < 4.78 is 5.63. The second kappa shape index (κ2) is 6.64. The highest BCUT2D eigenvalue weighted by molar-refractivity contribution is 6.20. The van der Waals surface area contributed by atoms with Crippen molar-refractivity contribution in [3.05, 3.63) is 65.2 Å². The first-order valence-corrected chi connectivity index (χ1v) is 9.54. The molecule has 0 saturated carbocycles. The van der Waals surface area contributed by atoms with Gasteiger partial charge in [0.25, 0.3) is 5.91 Å². The van der Waals surface area contributed by atoms with Crippen molar-refractivity contribution in [2.75, 3.05) is 12.8 Å². The Balaban J connectivity index is 2.11. The first-order chi connectivity index (χ1) is 13.7. The predicted molar refractivity (Wildman–Crippen MR) is 119 cm³/mol. The molecule has 5 heteroatoms. The maximum atomic E-state index is 12.1. The van der Waals surface area contributed by atoms with Crippen molar-refractivity contribution in [1.29, 1.82) is 0 Å². The lowest BCUT2D eigenvalue weighted by Gasteiger charge is -2.23. The van der Waals surface area contributed by atoms with Gasteiger partial charge in [0.1, 0.15) is 0 Å². The Morgan fingerprint density at radius 1 is 1.07 bits per heavy atom. The minimum absolute atomic E-state index is 0.425. The lowest BCUT2D eigenvalue weighted by atomic mass is 9.92. The molecule has 0 bridgehead atoms. The predicted octanol–water partition coefficient (Wildman–Crippen LogP) is 4.86. The standard InChI is InChI=1S/C24H25N3O2/c1-13-15(6-5-7-19(13)25)16-10-11-18(23(26)28)22-21(16)17-9-8-14(12-20(17)27-22)24(2,3)29-4/h5-12,27H,25H2,1-4H3,(H2,26,28). The van der Waals surface area contributed by atoms with Crippen molar-refractivity contribution < 1.29 is 9.53 Å². The number of fused-ring (bicyclic) bond motifs is 3. The van der Waals surface area contributed by atoms with E-state index in [4.69, 9.17) is 16.2 Å². The Morgan fingerprint density at radius 3 is 2.52 bits per heavy atom. The molecule has 1 heterocycles. The second-order valence-electron chi connectivity index (χ2n) is 7.89. The minimum atomic E-state index is -0.463. The van der Waals surface area contributed by atoms with Gasteiger partial charge in [-0.05, 0) is 61.2 Å². The van der Waals surface area contributed by atoms with Crippen LogP contribution in [0.25, 0.3) is 32.9 Å². The molecule has 5 nitrogen and oxygen atoms in total. The highest BCUT2D eigenvalue weighted by atomic mass is 16.5. The molecule has 3 aromatic carbocycles. The Morgan fingerprint density at radius 2 is 1.83 bits per heavy atom. The number of aromatic amines is 1. The summed E-state index contributed by atoms with van der Waals surface area (Å²) in [5.74, 6) is -0.463. The molecule has 0 atom stereocenters. The van der Waals surface area contributed by atoms with E-state index in [9.17, 15) is 4.79 Å². The van der Waals surface area contributed by atoms with Gasteiger partial charge in [-0.1, -0.05) is 30.3 Å². The summed E-state index contributed by atoms with van der Waals surface area (Å²) in [7, 11) is 1.70. The van der Waals surface area contributed by atoms with Gasteiger partial charge < -0.3 is 21.2 Å².